The number of carbonyl (C=O) groups excluding carboxylic acids is 2. The van der Waals surface area contributed by atoms with E-state index in [4.69, 9.17) is 4.42 Å². The van der Waals surface area contributed by atoms with Crippen molar-refractivity contribution in [2.24, 2.45) is 7.05 Å². The maximum Gasteiger partial charge on any atom is 0.419 e. The molecule has 0 radical (unpaired) electrons. The number of fused-ring (bicyclic) bond motifs is 1. The first-order chi connectivity index (χ1) is 15.7. The molecule has 1 saturated heterocycles. The zero-order valence-corrected chi connectivity index (χ0v) is 18.5. The Bertz CT molecular complexity index is 1340. The maximum atomic E-state index is 14.0. The summed E-state index contributed by atoms with van der Waals surface area (Å²) in [5.74, 6) is -3.09. The summed E-state index contributed by atoms with van der Waals surface area (Å²) in [5.41, 5.74) is 1.21. The lowest BCUT2D eigenvalue weighted by atomic mass is 9.95. The van der Waals surface area contributed by atoms with Crippen LogP contribution in [0.1, 0.15) is 23.6 Å². The molecular weight excluding hydrogens is 429 g/mol. The summed E-state index contributed by atoms with van der Waals surface area (Å²) in [7, 11) is 5.35. The summed E-state index contributed by atoms with van der Waals surface area (Å²) < 4.78 is 20.5. The van der Waals surface area contributed by atoms with Gasteiger partial charge in [0.2, 0.25) is 0 Å². The SMILES string of the molecule is CN(C)CCCN1C(=O)C(=O)/C(=C(/O)c2ccc3c(c2)oc(=O)n3C)C1c1cccc(F)c1. The molecule has 1 aromatic heterocycles. The Hall–Kier alpha value is -3.72. The zero-order chi connectivity index (χ0) is 23.9. The van der Waals surface area contributed by atoms with Crippen molar-refractivity contribution in [2.45, 2.75) is 12.5 Å². The Morgan fingerprint density at radius 2 is 1.91 bits per heavy atom. The number of aryl methyl sites for hydroxylation is 1. The van der Waals surface area contributed by atoms with Crippen molar-refractivity contribution >= 4 is 28.5 Å². The van der Waals surface area contributed by atoms with Gasteiger partial charge in [0, 0.05) is 19.2 Å². The summed E-state index contributed by atoms with van der Waals surface area (Å²) in [4.78, 5) is 41.1. The number of aliphatic hydroxyl groups excluding tert-OH is 1. The van der Waals surface area contributed by atoms with Gasteiger partial charge in [-0.05, 0) is 63.0 Å². The van der Waals surface area contributed by atoms with E-state index in [1.807, 2.05) is 19.0 Å². The van der Waals surface area contributed by atoms with Crippen molar-refractivity contribution in [2.75, 3.05) is 27.2 Å². The topological polar surface area (TPSA) is 96.0 Å². The van der Waals surface area contributed by atoms with Crippen molar-refractivity contribution in [3.63, 3.8) is 0 Å². The van der Waals surface area contributed by atoms with Crippen molar-refractivity contribution in [3.8, 4) is 0 Å². The van der Waals surface area contributed by atoms with Gasteiger partial charge in [0.15, 0.2) is 5.58 Å². The van der Waals surface area contributed by atoms with Crippen LogP contribution in [0.2, 0.25) is 0 Å². The van der Waals surface area contributed by atoms with E-state index in [0.29, 0.717) is 24.0 Å². The molecule has 1 aliphatic rings. The molecule has 33 heavy (non-hydrogen) atoms. The number of hydrogen-bond donors (Lipinski definition) is 1. The number of ketones is 1. The Kier molecular flexibility index (Phi) is 5.90. The van der Waals surface area contributed by atoms with Gasteiger partial charge in [-0.25, -0.2) is 9.18 Å². The van der Waals surface area contributed by atoms with Crippen LogP contribution in [0.3, 0.4) is 0 Å². The van der Waals surface area contributed by atoms with E-state index in [2.05, 4.69) is 0 Å². The zero-order valence-electron chi connectivity index (χ0n) is 18.5. The predicted molar refractivity (Wildman–Crippen MR) is 120 cm³/mol. The van der Waals surface area contributed by atoms with Crippen molar-refractivity contribution in [3.05, 3.63) is 75.5 Å². The highest BCUT2D eigenvalue weighted by molar-refractivity contribution is 6.46. The Balaban J connectivity index is 1.84. The molecule has 8 nitrogen and oxygen atoms in total. The van der Waals surface area contributed by atoms with Gasteiger partial charge in [-0.2, -0.15) is 0 Å². The number of Topliss-reactive ketones (excluding diaryl/α,β-unsaturated/α-hetero) is 1. The van der Waals surface area contributed by atoms with Gasteiger partial charge >= 0.3 is 5.76 Å². The number of halogens is 1. The molecule has 1 aliphatic heterocycles. The number of aromatic nitrogens is 1. The molecule has 1 fully saturated rings. The van der Waals surface area contributed by atoms with Gasteiger partial charge in [0.05, 0.1) is 17.1 Å². The molecule has 0 bridgehead atoms. The van der Waals surface area contributed by atoms with E-state index >= 15 is 0 Å². The molecule has 3 aromatic rings. The molecule has 4 rings (SSSR count). The predicted octanol–water partition coefficient (Wildman–Crippen LogP) is 2.64. The maximum absolute atomic E-state index is 14.0. The molecule has 1 atom stereocenters. The van der Waals surface area contributed by atoms with Crippen LogP contribution in [0.5, 0.6) is 0 Å². The lowest BCUT2D eigenvalue weighted by Gasteiger charge is -2.26. The number of hydrogen-bond acceptors (Lipinski definition) is 6. The van der Waals surface area contributed by atoms with E-state index in [9.17, 15) is 23.9 Å². The average Bonchev–Trinajstić information content (AvgIpc) is 3.20. The fourth-order valence-corrected chi connectivity index (χ4v) is 4.13. The molecule has 0 spiro atoms. The largest absolute Gasteiger partial charge is 0.507 e. The number of benzene rings is 2. The highest BCUT2D eigenvalue weighted by atomic mass is 19.1. The summed E-state index contributed by atoms with van der Waals surface area (Å²) >= 11 is 0. The Labute approximate surface area is 189 Å². The summed E-state index contributed by atoms with van der Waals surface area (Å²) in [6.07, 6.45) is 0.590. The van der Waals surface area contributed by atoms with Crippen LogP contribution in [0.4, 0.5) is 4.39 Å². The van der Waals surface area contributed by atoms with Gasteiger partial charge in [-0.3, -0.25) is 14.2 Å². The molecule has 9 heteroatoms. The van der Waals surface area contributed by atoms with Crippen molar-refractivity contribution in [1.82, 2.24) is 14.4 Å². The third-order valence-corrected chi connectivity index (χ3v) is 5.77. The molecule has 1 N–H and O–H groups in total. The minimum atomic E-state index is -0.943. The van der Waals surface area contributed by atoms with E-state index in [0.717, 1.165) is 0 Å². The number of oxazole rings is 1. The van der Waals surface area contributed by atoms with Crippen LogP contribution in [0, 0.1) is 5.82 Å². The smallest absolute Gasteiger partial charge is 0.419 e. The summed E-state index contributed by atoms with van der Waals surface area (Å²) in [5, 5.41) is 11.1. The molecule has 2 aromatic carbocycles. The number of carbonyl (C=O) groups is 2. The summed E-state index contributed by atoms with van der Waals surface area (Å²) in [6.45, 7) is 0.940. The third kappa shape index (κ3) is 4.07. The number of nitrogens with zero attached hydrogens (tertiary/aromatic N) is 3. The van der Waals surface area contributed by atoms with Gasteiger partial charge in [-0.15, -0.1) is 0 Å². The molecule has 0 saturated carbocycles. The highest BCUT2D eigenvalue weighted by Gasteiger charge is 2.45. The quantitative estimate of drug-likeness (QED) is 0.350. The van der Waals surface area contributed by atoms with Crippen LogP contribution >= 0.6 is 0 Å². The fraction of sp³-hybridized carbons (Fsp3) is 0.292. The van der Waals surface area contributed by atoms with E-state index in [1.165, 1.54) is 39.8 Å². The normalized spacial score (nSPS) is 18.1. The number of rotatable bonds is 6. The molecular formula is C24H24FN3O5. The highest BCUT2D eigenvalue weighted by Crippen LogP contribution is 2.39. The van der Waals surface area contributed by atoms with E-state index < -0.39 is 35.1 Å². The lowest BCUT2D eigenvalue weighted by Crippen LogP contribution is -2.32. The molecule has 1 amide bonds. The first-order valence-electron chi connectivity index (χ1n) is 10.5. The minimum Gasteiger partial charge on any atom is -0.507 e. The second-order valence-electron chi connectivity index (χ2n) is 8.31. The van der Waals surface area contributed by atoms with Crippen molar-refractivity contribution in [1.29, 1.82) is 0 Å². The van der Waals surface area contributed by atoms with Gasteiger partial charge in [-0.1, -0.05) is 12.1 Å². The minimum absolute atomic E-state index is 0.131. The lowest BCUT2D eigenvalue weighted by molar-refractivity contribution is -0.139. The van der Waals surface area contributed by atoms with Gasteiger partial charge in [0.25, 0.3) is 11.7 Å². The third-order valence-electron chi connectivity index (χ3n) is 5.77. The monoisotopic (exact) mass is 453 g/mol. The molecule has 172 valence electrons. The second kappa shape index (κ2) is 8.67. The average molecular weight is 453 g/mol. The Morgan fingerprint density at radius 3 is 2.61 bits per heavy atom. The van der Waals surface area contributed by atoms with Crippen LogP contribution in [0.25, 0.3) is 16.9 Å². The number of likely N-dealkylation sites (tertiary alicyclic amines) is 1. The Morgan fingerprint density at radius 1 is 1.15 bits per heavy atom. The van der Waals surface area contributed by atoms with Crippen molar-refractivity contribution < 1.29 is 23.5 Å². The van der Waals surface area contributed by atoms with E-state index in [-0.39, 0.29) is 23.3 Å². The van der Waals surface area contributed by atoms with Gasteiger partial charge < -0.3 is 19.3 Å². The standard InChI is InChI=1S/C24H24FN3O5/c1-26(2)10-5-11-28-20(14-6-4-7-16(25)12-14)19(22(30)23(28)31)21(29)15-8-9-17-18(13-15)33-24(32)27(17)3/h4,6-9,12-13,20,29H,5,10-11H2,1-3H3/b21-19+. The molecule has 2 heterocycles. The first kappa shape index (κ1) is 22.5. The molecule has 1 unspecified atom stereocenters. The van der Waals surface area contributed by atoms with E-state index in [1.54, 1.807) is 19.2 Å². The number of amides is 1. The summed E-state index contributed by atoms with van der Waals surface area (Å²) in [6, 6.07) is 9.25. The van der Waals surface area contributed by atoms with Crippen LogP contribution in [-0.4, -0.2) is 58.3 Å². The van der Waals surface area contributed by atoms with Crippen LogP contribution < -0.4 is 5.76 Å². The first-order valence-corrected chi connectivity index (χ1v) is 10.5. The van der Waals surface area contributed by atoms with Crippen LogP contribution in [-0.2, 0) is 16.6 Å². The fourth-order valence-electron chi connectivity index (χ4n) is 4.13. The second-order valence-corrected chi connectivity index (χ2v) is 8.31. The number of aliphatic hydroxyl groups is 1. The van der Waals surface area contributed by atoms with Crippen LogP contribution in [0.15, 0.2) is 57.2 Å². The molecule has 0 aliphatic carbocycles. The van der Waals surface area contributed by atoms with Gasteiger partial charge in [0.1, 0.15) is 11.6 Å².